The summed E-state index contributed by atoms with van der Waals surface area (Å²) in [5.41, 5.74) is 5.63. The Hall–Kier alpha value is -0.580. The Kier molecular flexibility index (Phi) is 4.64. The van der Waals surface area contributed by atoms with Gasteiger partial charge in [0.25, 0.3) is 0 Å². The van der Waals surface area contributed by atoms with Crippen molar-refractivity contribution in [2.24, 2.45) is 11.8 Å². The first kappa shape index (κ1) is 14.4. The van der Waals surface area contributed by atoms with E-state index in [1.807, 2.05) is 0 Å². The number of hydrazine groups is 1. The molecule has 0 aromatic heterocycles. The summed E-state index contributed by atoms with van der Waals surface area (Å²) >= 11 is 3.61. The van der Waals surface area contributed by atoms with Gasteiger partial charge in [0.05, 0.1) is 6.61 Å². The van der Waals surface area contributed by atoms with Crippen LogP contribution >= 0.6 is 15.9 Å². The first-order valence-corrected chi connectivity index (χ1v) is 8.46. The highest BCUT2D eigenvalue weighted by Crippen LogP contribution is 2.35. The van der Waals surface area contributed by atoms with Gasteiger partial charge in [-0.1, -0.05) is 41.6 Å². The minimum Gasteiger partial charge on any atom is -0.493 e. The van der Waals surface area contributed by atoms with Crippen molar-refractivity contribution in [1.29, 1.82) is 0 Å². The second-order valence-electron chi connectivity index (χ2n) is 6.11. The van der Waals surface area contributed by atoms with Crippen LogP contribution in [0.5, 0.6) is 5.75 Å². The average molecular weight is 339 g/mol. The van der Waals surface area contributed by atoms with Gasteiger partial charge < -0.3 is 4.74 Å². The minimum atomic E-state index is 0.348. The summed E-state index contributed by atoms with van der Waals surface area (Å²) in [6.45, 7) is 0.808. The molecule has 0 spiro atoms. The molecule has 20 heavy (non-hydrogen) atoms. The normalized spacial score (nSPS) is 19.9. The first-order chi connectivity index (χ1) is 9.76. The van der Waals surface area contributed by atoms with E-state index in [9.17, 15) is 0 Å². The van der Waals surface area contributed by atoms with Crippen molar-refractivity contribution in [3.63, 3.8) is 0 Å². The molecule has 3 rings (SSSR count). The second-order valence-corrected chi connectivity index (χ2v) is 7.02. The highest BCUT2D eigenvalue weighted by Gasteiger charge is 2.23. The number of benzene rings is 1. The van der Waals surface area contributed by atoms with Crippen LogP contribution in [0.1, 0.15) is 43.2 Å². The molecule has 0 amide bonds. The number of halogens is 1. The molecule has 0 saturated heterocycles. The SMILES string of the molecule is NNC(Cc1cc(Br)cc2c1OCC2)CC1CCCC1. The highest BCUT2D eigenvalue weighted by atomic mass is 79.9. The second kappa shape index (κ2) is 6.46. The summed E-state index contributed by atoms with van der Waals surface area (Å²) < 4.78 is 6.96. The van der Waals surface area contributed by atoms with E-state index >= 15 is 0 Å². The van der Waals surface area contributed by atoms with Crippen molar-refractivity contribution < 1.29 is 4.74 Å². The summed E-state index contributed by atoms with van der Waals surface area (Å²) in [6, 6.07) is 4.71. The van der Waals surface area contributed by atoms with Gasteiger partial charge in [0.15, 0.2) is 0 Å². The third-order valence-corrected chi connectivity index (χ3v) is 5.08. The molecule has 1 atom stereocenters. The Labute approximate surface area is 129 Å². The molecule has 1 aliphatic heterocycles. The van der Waals surface area contributed by atoms with Gasteiger partial charge in [-0.05, 0) is 42.0 Å². The molecule has 1 aromatic rings. The van der Waals surface area contributed by atoms with Gasteiger partial charge >= 0.3 is 0 Å². The van der Waals surface area contributed by atoms with Crippen LogP contribution in [0.25, 0.3) is 0 Å². The van der Waals surface area contributed by atoms with Gasteiger partial charge in [0, 0.05) is 16.9 Å². The van der Waals surface area contributed by atoms with Gasteiger partial charge in [-0.2, -0.15) is 0 Å². The third-order valence-electron chi connectivity index (χ3n) is 4.62. The van der Waals surface area contributed by atoms with Gasteiger partial charge in [-0.3, -0.25) is 11.3 Å². The lowest BCUT2D eigenvalue weighted by atomic mass is 9.93. The Morgan fingerprint density at radius 3 is 2.90 bits per heavy atom. The summed E-state index contributed by atoms with van der Waals surface area (Å²) in [6.07, 6.45) is 8.66. The number of nitrogens with two attached hydrogens (primary N) is 1. The largest absolute Gasteiger partial charge is 0.493 e. The molecule has 3 nitrogen and oxygen atoms in total. The molecule has 0 radical (unpaired) electrons. The Balaban J connectivity index is 1.72. The molecule has 1 saturated carbocycles. The maximum absolute atomic E-state index is 5.81. The predicted octanol–water partition coefficient (Wildman–Crippen LogP) is 3.34. The molecule has 2 aliphatic rings. The van der Waals surface area contributed by atoms with Crippen LogP contribution < -0.4 is 16.0 Å². The quantitative estimate of drug-likeness (QED) is 0.639. The zero-order valence-electron chi connectivity index (χ0n) is 11.8. The van der Waals surface area contributed by atoms with Crippen LogP contribution in [-0.4, -0.2) is 12.6 Å². The number of ether oxygens (including phenoxy) is 1. The Bertz CT molecular complexity index is 472. The van der Waals surface area contributed by atoms with Crippen molar-refractivity contribution in [1.82, 2.24) is 5.43 Å². The van der Waals surface area contributed by atoms with Crippen LogP contribution in [0, 0.1) is 5.92 Å². The fraction of sp³-hybridized carbons (Fsp3) is 0.625. The molecule has 1 fully saturated rings. The van der Waals surface area contributed by atoms with Crippen molar-refractivity contribution in [2.75, 3.05) is 6.61 Å². The van der Waals surface area contributed by atoms with E-state index in [2.05, 4.69) is 33.5 Å². The van der Waals surface area contributed by atoms with E-state index < -0.39 is 0 Å². The number of hydrogen-bond acceptors (Lipinski definition) is 3. The maximum atomic E-state index is 5.81. The lowest BCUT2D eigenvalue weighted by molar-refractivity contribution is 0.346. The minimum absolute atomic E-state index is 0.348. The first-order valence-electron chi connectivity index (χ1n) is 7.66. The number of rotatable bonds is 5. The molecule has 4 heteroatoms. The fourth-order valence-corrected chi connectivity index (χ4v) is 4.17. The van der Waals surface area contributed by atoms with E-state index in [1.165, 1.54) is 43.2 Å². The van der Waals surface area contributed by atoms with Gasteiger partial charge in [-0.25, -0.2) is 0 Å². The van der Waals surface area contributed by atoms with Crippen LogP contribution in [0.4, 0.5) is 0 Å². The molecule has 1 aromatic carbocycles. The number of nitrogens with one attached hydrogen (secondary N) is 1. The van der Waals surface area contributed by atoms with E-state index in [0.717, 1.165) is 35.6 Å². The van der Waals surface area contributed by atoms with Crippen molar-refractivity contribution >= 4 is 15.9 Å². The van der Waals surface area contributed by atoms with Crippen LogP contribution in [0.3, 0.4) is 0 Å². The zero-order chi connectivity index (χ0) is 13.9. The predicted molar refractivity (Wildman–Crippen MR) is 84.7 cm³/mol. The summed E-state index contributed by atoms with van der Waals surface area (Å²) in [4.78, 5) is 0. The van der Waals surface area contributed by atoms with Gasteiger partial charge in [0.2, 0.25) is 0 Å². The highest BCUT2D eigenvalue weighted by molar-refractivity contribution is 9.10. The molecule has 0 bridgehead atoms. The molecule has 1 heterocycles. The van der Waals surface area contributed by atoms with E-state index in [-0.39, 0.29) is 0 Å². The van der Waals surface area contributed by atoms with Crippen molar-refractivity contribution in [3.8, 4) is 5.75 Å². The molecule has 1 aliphatic carbocycles. The topological polar surface area (TPSA) is 47.3 Å². The summed E-state index contributed by atoms with van der Waals surface area (Å²) in [7, 11) is 0. The van der Waals surface area contributed by atoms with Gasteiger partial charge in [-0.15, -0.1) is 0 Å². The number of fused-ring (bicyclic) bond motifs is 1. The molecular weight excluding hydrogens is 316 g/mol. The number of hydrogen-bond donors (Lipinski definition) is 2. The van der Waals surface area contributed by atoms with Crippen LogP contribution in [0.15, 0.2) is 16.6 Å². The van der Waals surface area contributed by atoms with Crippen molar-refractivity contribution in [3.05, 3.63) is 27.7 Å². The standard InChI is InChI=1S/C16H23BrN2O/c17-14-8-12-5-6-20-16(12)13(9-14)10-15(19-18)7-11-3-1-2-4-11/h8-9,11,15,19H,1-7,10,18H2. The molecule has 1 unspecified atom stereocenters. The van der Waals surface area contributed by atoms with Gasteiger partial charge in [0.1, 0.15) is 5.75 Å². The Morgan fingerprint density at radius 1 is 1.35 bits per heavy atom. The lowest BCUT2D eigenvalue weighted by Gasteiger charge is -2.21. The summed E-state index contributed by atoms with van der Waals surface area (Å²) in [5.74, 6) is 7.72. The van der Waals surface area contributed by atoms with E-state index in [4.69, 9.17) is 10.6 Å². The monoisotopic (exact) mass is 338 g/mol. The van der Waals surface area contributed by atoms with Crippen LogP contribution in [0.2, 0.25) is 0 Å². The fourth-order valence-electron chi connectivity index (χ4n) is 3.62. The average Bonchev–Trinajstić information content (AvgIpc) is 3.08. The van der Waals surface area contributed by atoms with E-state index in [0.29, 0.717) is 6.04 Å². The summed E-state index contributed by atoms with van der Waals surface area (Å²) in [5, 5.41) is 0. The maximum Gasteiger partial charge on any atom is 0.125 e. The third kappa shape index (κ3) is 3.18. The van der Waals surface area contributed by atoms with Crippen LogP contribution in [-0.2, 0) is 12.8 Å². The van der Waals surface area contributed by atoms with E-state index in [1.54, 1.807) is 0 Å². The Morgan fingerprint density at radius 2 is 2.15 bits per heavy atom. The van der Waals surface area contributed by atoms with Crippen molar-refractivity contribution in [2.45, 2.75) is 51.0 Å². The smallest absolute Gasteiger partial charge is 0.125 e. The molecule has 3 N–H and O–H groups in total. The zero-order valence-corrected chi connectivity index (χ0v) is 13.4. The lowest BCUT2D eigenvalue weighted by Crippen LogP contribution is -2.38. The molecular formula is C16H23BrN2O. The molecule has 110 valence electrons.